The third-order valence-electron chi connectivity index (χ3n) is 1.90. The predicted molar refractivity (Wildman–Crippen MR) is 44.2 cm³/mol. The maximum Gasteiger partial charge on any atom is 1.00 e. The SMILES string of the molecule is O=S1(=O)CCN(C[B-](F)(F)F)CC1.[K+]. The van der Waals surface area contributed by atoms with E-state index in [0.29, 0.717) is 0 Å². The van der Waals surface area contributed by atoms with Crippen molar-refractivity contribution in [1.29, 1.82) is 0 Å². The fourth-order valence-electron chi connectivity index (χ4n) is 1.23. The average Bonchev–Trinajstić information content (AvgIpc) is 1.91. The molecule has 3 nitrogen and oxygen atoms in total. The molecule has 0 amide bonds. The summed E-state index contributed by atoms with van der Waals surface area (Å²) in [5.74, 6) is -0.307. The van der Waals surface area contributed by atoms with Gasteiger partial charge in [-0.15, -0.1) is 0 Å². The van der Waals surface area contributed by atoms with Gasteiger partial charge in [0, 0.05) is 13.1 Å². The van der Waals surface area contributed by atoms with Gasteiger partial charge in [0.15, 0.2) is 9.84 Å². The van der Waals surface area contributed by atoms with Crippen LogP contribution in [0.25, 0.3) is 0 Å². The monoisotopic (exact) mass is 255 g/mol. The molecule has 0 atom stereocenters. The van der Waals surface area contributed by atoms with E-state index in [-0.39, 0.29) is 76.0 Å². The van der Waals surface area contributed by atoms with Gasteiger partial charge in [0.05, 0.1) is 11.5 Å². The zero-order valence-corrected chi connectivity index (χ0v) is 11.9. The molecule has 0 aromatic rings. The summed E-state index contributed by atoms with van der Waals surface area (Å²) in [6, 6.07) is 0. The molecule has 0 unspecified atom stereocenters. The molecule has 0 aromatic carbocycles. The number of rotatable bonds is 2. The van der Waals surface area contributed by atoms with Crippen LogP contribution < -0.4 is 51.4 Å². The van der Waals surface area contributed by atoms with Gasteiger partial charge in [-0.25, -0.2) is 8.42 Å². The molecule has 0 aromatic heterocycles. The smallest absolute Gasteiger partial charge is 0.448 e. The Labute approximate surface area is 124 Å². The normalized spacial score (nSPS) is 22.8. The van der Waals surface area contributed by atoms with Crippen molar-refractivity contribution in [2.24, 2.45) is 0 Å². The van der Waals surface area contributed by atoms with E-state index in [4.69, 9.17) is 0 Å². The van der Waals surface area contributed by atoms with E-state index in [1.165, 1.54) is 0 Å². The zero-order chi connectivity index (χ0) is 10.1. The second kappa shape index (κ2) is 5.65. The molecule has 1 saturated heterocycles. The van der Waals surface area contributed by atoms with E-state index < -0.39 is 23.3 Å². The van der Waals surface area contributed by atoms with Crippen molar-refractivity contribution in [3.63, 3.8) is 0 Å². The Hall–Kier alpha value is 1.40. The minimum absolute atomic E-state index is 0. The molecule has 9 heteroatoms. The van der Waals surface area contributed by atoms with Gasteiger partial charge in [-0.2, -0.15) is 0 Å². The molecule has 78 valence electrons. The summed E-state index contributed by atoms with van der Waals surface area (Å²) in [7, 11) is -3.07. The molecule has 0 radical (unpaired) electrons. The first-order valence-electron chi connectivity index (χ1n) is 3.92. The first kappa shape index (κ1) is 15.4. The van der Waals surface area contributed by atoms with Crippen molar-refractivity contribution in [1.82, 2.24) is 4.90 Å². The van der Waals surface area contributed by atoms with Crippen LogP contribution in [-0.2, 0) is 9.84 Å². The van der Waals surface area contributed by atoms with Crippen molar-refractivity contribution < 1.29 is 72.7 Å². The molecule has 0 N–H and O–H groups in total. The molecule has 1 aliphatic heterocycles. The maximum absolute atomic E-state index is 11.9. The number of sulfone groups is 1. The Morgan fingerprint density at radius 1 is 1.14 bits per heavy atom. The third kappa shape index (κ3) is 6.09. The first-order chi connectivity index (χ1) is 5.79. The topological polar surface area (TPSA) is 37.4 Å². The molecule has 0 saturated carbocycles. The first-order valence-corrected chi connectivity index (χ1v) is 5.74. The van der Waals surface area contributed by atoms with Crippen LogP contribution >= 0.6 is 0 Å². The Bertz CT molecular complexity index is 267. The van der Waals surface area contributed by atoms with Crippen LogP contribution in [0, 0.1) is 0 Å². The van der Waals surface area contributed by atoms with Crippen LogP contribution in [0.4, 0.5) is 12.9 Å². The number of hydrogen-bond acceptors (Lipinski definition) is 3. The van der Waals surface area contributed by atoms with E-state index >= 15 is 0 Å². The van der Waals surface area contributed by atoms with Crippen molar-refractivity contribution >= 4 is 16.8 Å². The van der Waals surface area contributed by atoms with Crippen LogP contribution in [0.3, 0.4) is 0 Å². The van der Waals surface area contributed by atoms with Crippen LogP contribution in [0.2, 0.25) is 0 Å². The van der Waals surface area contributed by atoms with Gasteiger partial charge in [-0.05, 0) is 6.44 Å². The second-order valence-electron chi connectivity index (χ2n) is 3.16. The summed E-state index contributed by atoms with van der Waals surface area (Å²) in [5.41, 5.74) is 0. The van der Waals surface area contributed by atoms with Crippen LogP contribution in [0.5, 0.6) is 0 Å². The average molecular weight is 255 g/mol. The number of nitrogens with zero attached hydrogens (tertiary/aromatic N) is 1. The molecule has 0 aliphatic carbocycles. The number of hydrogen-bond donors (Lipinski definition) is 0. The Balaban J connectivity index is 0.00000169. The van der Waals surface area contributed by atoms with Crippen LogP contribution in [0.15, 0.2) is 0 Å². The summed E-state index contributed by atoms with van der Waals surface area (Å²) in [6.07, 6.45) is -0.949. The molecule has 1 fully saturated rings. The van der Waals surface area contributed by atoms with Crippen molar-refractivity contribution in [2.45, 2.75) is 0 Å². The van der Waals surface area contributed by atoms with Gasteiger partial charge in [0.1, 0.15) is 0 Å². The summed E-state index contributed by atoms with van der Waals surface area (Å²) >= 11 is 0. The van der Waals surface area contributed by atoms with E-state index in [1.807, 2.05) is 0 Å². The second-order valence-corrected chi connectivity index (χ2v) is 5.47. The van der Waals surface area contributed by atoms with Gasteiger partial charge in [0.25, 0.3) is 0 Å². The number of halogens is 3. The summed E-state index contributed by atoms with van der Waals surface area (Å²) in [6.45, 7) is -4.82. The van der Waals surface area contributed by atoms with Gasteiger partial charge in [-0.1, -0.05) is 0 Å². The van der Waals surface area contributed by atoms with Gasteiger partial charge >= 0.3 is 58.4 Å². The van der Waals surface area contributed by atoms with Crippen molar-refractivity contribution in [3.8, 4) is 0 Å². The summed E-state index contributed by atoms with van der Waals surface area (Å²) in [4.78, 5) is 1.14. The van der Waals surface area contributed by atoms with Crippen LogP contribution in [-0.4, -0.2) is 51.3 Å². The zero-order valence-electron chi connectivity index (χ0n) is 7.92. The molecule has 1 rings (SSSR count). The predicted octanol–water partition coefficient (Wildman–Crippen LogP) is -2.89. The minimum atomic E-state index is -4.83. The van der Waals surface area contributed by atoms with Gasteiger partial charge in [-0.3, -0.25) is 0 Å². The largest absolute Gasteiger partial charge is 1.00 e. The van der Waals surface area contributed by atoms with E-state index in [9.17, 15) is 21.4 Å². The molecular formula is C5H10BF3KNO2S. The Morgan fingerprint density at radius 3 is 1.93 bits per heavy atom. The fourth-order valence-corrected chi connectivity index (χ4v) is 2.50. The van der Waals surface area contributed by atoms with Gasteiger partial charge in [0.2, 0.25) is 0 Å². The molecule has 14 heavy (non-hydrogen) atoms. The quantitative estimate of drug-likeness (QED) is 0.497. The van der Waals surface area contributed by atoms with Crippen molar-refractivity contribution in [2.75, 3.05) is 31.0 Å². The van der Waals surface area contributed by atoms with Gasteiger partial charge < -0.3 is 17.8 Å². The standard InChI is InChI=1S/C5H10BF3NO2S.K/c7-6(8,9)5-10-1-3-13(11,12)4-2-10;/h1-5H2;/q-1;+1. The maximum atomic E-state index is 11.9. The van der Waals surface area contributed by atoms with E-state index in [0.717, 1.165) is 4.90 Å². The summed E-state index contributed by atoms with van der Waals surface area (Å²) < 4.78 is 57.4. The molecule has 1 heterocycles. The molecule has 0 spiro atoms. The minimum Gasteiger partial charge on any atom is -0.448 e. The Morgan fingerprint density at radius 2 is 1.57 bits per heavy atom. The van der Waals surface area contributed by atoms with E-state index in [2.05, 4.69) is 0 Å². The molecule has 1 aliphatic rings. The van der Waals surface area contributed by atoms with Crippen molar-refractivity contribution in [3.05, 3.63) is 0 Å². The third-order valence-corrected chi connectivity index (χ3v) is 3.51. The fraction of sp³-hybridized carbons (Fsp3) is 1.00. The summed E-state index contributed by atoms with van der Waals surface area (Å²) in [5, 5.41) is 0. The molecular weight excluding hydrogens is 245 g/mol. The Kier molecular flexibility index (Phi) is 6.21. The van der Waals surface area contributed by atoms with E-state index in [1.54, 1.807) is 0 Å². The molecule has 0 bridgehead atoms. The van der Waals surface area contributed by atoms with Crippen LogP contribution in [0.1, 0.15) is 0 Å².